The minimum atomic E-state index is -1.71. The molecule has 0 aromatic carbocycles. The summed E-state index contributed by atoms with van der Waals surface area (Å²) >= 11 is 5.49. The minimum absolute atomic E-state index is 0.0341. The summed E-state index contributed by atoms with van der Waals surface area (Å²) in [5.41, 5.74) is 0. The number of ether oxygens (including phenoxy) is 4. The fourth-order valence-corrected chi connectivity index (χ4v) is 2.94. The lowest BCUT2D eigenvalue weighted by Crippen LogP contribution is -2.64. The van der Waals surface area contributed by atoms with Crippen molar-refractivity contribution in [3.05, 3.63) is 0 Å². The predicted molar refractivity (Wildman–Crippen MR) is 83.1 cm³/mol. The van der Waals surface area contributed by atoms with Crippen LogP contribution in [0.4, 0.5) is 0 Å². The molecule has 10 atom stereocenters. The number of halogens is 1. The third kappa shape index (κ3) is 4.63. The van der Waals surface area contributed by atoms with E-state index in [1.807, 2.05) is 0 Å². The first-order chi connectivity index (χ1) is 12.3. The Balaban J connectivity index is 2.09. The lowest BCUT2D eigenvalue weighted by Gasteiger charge is -2.45. The second-order valence-corrected chi connectivity index (χ2v) is 6.44. The maximum absolute atomic E-state index is 10.3. The van der Waals surface area contributed by atoms with Gasteiger partial charge < -0.3 is 54.7 Å². The smallest absolute Gasteiger partial charge is 0.187 e. The summed E-state index contributed by atoms with van der Waals surface area (Å²) in [5.74, 6) is 0.122. The molecule has 26 heavy (non-hydrogen) atoms. The Morgan fingerprint density at radius 1 is 0.731 bits per heavy atom. The second-order valence-electron chi connectivity index (χ2n) is 6.06. The SMILES string of the molecule is OC[C@H]1O[C@@H](O[C@H]2[C@H](O)[C@@H](O)[C@H](OCCCl)O[C@@H]2CO)[C@H](O)[C@@H](O)[C@H]1O. The molecule has 11 nitrogen and oxygen atoms in total. The number of aliphatic hydroxyl groups excluding tert-OH is 7. The summed E-state index contributed by atoms with van der Waals surface area (Å²) in [7, 11) is 0. The predicted octanol–water partition coefficient (Wildman–Crippen LogP) is -4.13. The van der Waals surface area contributed by atoms with Crippen LogP contribution in [0.3, 0.4) is 0 Å². The van der Waals surface area contributed by atoms with E-state index in [4.69, 9.17) is 30.5 Å². The molecule has 0 aromatic heterocycles. The van der Waals surface area contributed by atoms with Crippen LogP contribution in [0, 0.1) is 0 Å². The first kappa shape index (κ1) is 22.1. The topological polar surface area (TPSA) is 179 Å². The van der Waals surface area contributed by atoms with Gasteiger partial charge in [-0.3, -0.25) is 0 Å². The quantitative estimate of drug-likeness (QED) is 0.205. The Hall–Kier alpha value is -0.150. The van der Waals surface area contributed by atoms with Gasteiger partial charge in [0, 0.05) is 5.88 Å². The largest absolute Gasteiger partial charge is 0.394 e. The van der Waals surface area contributed by atoms with Crippen molar-refractivity contribution in [2.75, 3.05) is 25.7 Å². The highest BCUT2D eigenvalue weighted by Crippen LogP contribution is 2.29. The van der Waals surface area contributed by atoms with E-state index in [1.54, 1.807) is 0 Å². The van der Waals surface area contributed by atoms with Gasteiger partial charge in [-0.2, -0.15) is 0 Å². The molecule has 0 amide bonds. The average Bonchev–Trinajstić information content (AvgIpc) is 2.64. The van der Waals surface area contributed by atoms with Gasteiger partial charge >= 0.3 is 0 Å². The lowest BCUT2D eigenvalue weighted by molar-refractivity contribution is -0.359. The molecule has 0 spiro atoms. The van der Waals surface area contributed by atoms with Gasteiger partial charge in [-0.1, -0.05) is 0 Å². The molecule has 2 aliphatic rings. The van der Waals surface area contributed by atoms with Gasteiger partial charge in [0.25, 0.3) is 0 Å². The Bertz CT molecular complexity index is 426. The molecule has 0 radical (unpaired) electrons. The first-order valence-electron chi connectivity index (χ1n) is 8.11. The monoisotopic (exact) mass is 404 g/mol. The zero-order valence-electron chi connectivity index (χ0n) is 13.7. The Labute approximate surface area is 154 Å². The second kappa shape index (κ2) is 9.87. The molecule has 2 aliphatic heterocycles. The maximum atomic E-state index is 10.3. The summed E-state index contributed by atoms with van der Waals surface area (Å²) < 4.78 is 21.1. The van der Waals surface area contributed by atoms with Crippen molar-refractivity contribution in [1.29, 1.82) is 0 Å². The third-order valence-corrected chi connectivity index (χ3v) is 4.47. The molecule has 0 saturated carbocycles. The van der Waals surface area contributed by atoms with Crippen LogP contribution >= 0.6 is 11.6 Å². The van der Waals surface area contributed by atoms with Gasteiger partial charge in [0.05, 0.1) is 19.8 Å². The summed E-state index contributed by atoms with van der Waals surface area (Å²) in [4.78, 5) is 0. The lowest BCUT2D eigenvalue weighted by atomic mass is 9.97. The molecule has 0 aromatic rings. The molecule has 2 heterocycles. The van der Waals surface area contributed by atoms with E-state index in [0.717, 1.165) is 0 Å². The average molecular weight is 405 g/mol. The third-order valence-electron chi connectivity index (χ3n) is 4.32. The van der Waals surface area contributed by atoms with Crippen molar-refractivity contribution in [2.45, 2.75) is 61.4 Å². The number of hydrogen-bond acceptors (Lipinski definition) is 11. The van der Waals surface area contributed by atoms with Crippen molar-refractivity contribution in [3.8, 4) is 0 Å². The molecular weight excluding hydrogens is 380 g/mol. The van der Waals surface area contributed by atoms with Crippen LogP contribution in [-0.2, 0) is 18.9 Å². The maximum Gasteiger partial charge on any atom is 0.187 e. The van der Waals surface area contributed by atoms with Gasteiger partial charge in [0.15, 0.2) is 12.6 Å². The molecule has 0 bridgehead atoms. The number of hydrogen-bond donors (Lipinski definition) is 7. The molecular formula is C14H25ClO11. The summed E-state index contributed by atoms with van der Waals surface area (Å²) in [6, 6.07) is 0. The number of aliphatic hydroxyl groups is 7. The van der Waals surface area contributed by atoms with Crippen molar-refractivity contribution in [1.82, 2.24) is 0 Å². The zero-order valence-corrected chi connectivity index (χ0v) is 14.5. The van der Waals surface area contributed by atoms with Crippen LogP contribution in [0.25, 0.3) is 0 Å². The van der Waals surface area contributed by atoms with E-state index in [1.165, 1.54) is 0 Å². The molecule has 154 valence electrons. The van der Waals surface area contributed by atoms with E-state index >= 15 is 0 Å². The van der Waals surface area contributed by atoms with Crippen LogP contribution in [0.1, 0.15) is 0 Å². The molecule has 0 unspecified atom stereocenters. The highest BCUT2D eigenvalue weighted by molar-refractivity contribution is 6.17. The summed E-state index contributed by atoms with van der Waals surface area (Å²) in [6.07, 6.45) is -14.6. The molecule has 0 aliphatic carbocycles. The van der Waals surface area contributed by atoms with Gasteiger partial charge in [-0.05, 0) is 0 Å². The van der Waals surface area contributed by atoms with Crippen LogP contribution in [-0.4, -0.2) is 123 Å². The van der Waals surface area contributed by atoms with Gasteiger partial charge in [-0.25, -0.2) is 0 Å². The highest BCUT2D eigenvalue weighted by Gasteiger charge is 2.50. The van der Waals surface area contributed by atoms with Gasteiger partial charge in [0.2, 0.25) is 0 Å². The van der Waals surface area contributed by atoms with Crippen LogP contribution in [0.15, 0.2) is 0 Å². The van der Waals surface area contributed by atoms with E-state index in [2.05, 4.69) is 0 Å². The molecule has 2 saturated heterocycles. The zero-order chi connectivity index (χ0) is 19.4. The normalized spacial score (nSPS) is 47.1. The van der Waals surface area contributed by atoms with Crippen molar-refractivity contribution >= 4 is 11.6 Å². The summed E-state index contributed by atoms with van der Waals surface area (Å²) in [6.45, 7) is -1.24. The molecule has 2 rings (SSSR count). The highest BCUT2D eigenvalue weighted by atomic mass is 35.5. The number of alkyl halides is 1. The van der Waals surface area contributed by atoms with Crippen LogP contribution in [0.2, 0.25) is 0 Å². The van der Waals surface area contributed by atoms with Crippen molar-refractivity contribution < 1.29 is 54.7 Å². The van der Waals surface area contributed by atoms with Gasteiger partial charge in [-0.15, -0.1) is 11.6 Å². The Morgan fingerprint density at radius 3 is 1.88 bits per heavy atom. The van der Waals surface area contributed by atoms with Gasteiger partial charge in [0.1, 0.15) is 48.8 Å². The summed E-state index contributed by atoms with van der Waals surface area (Å²) in [5, 5.41) is 68.6. The van der Waals surface area contributed by atoms with E-state index < -0.39 is 74.6 Å². The molecule has 12 heteroatoms. The van der Waals surface area contributed by atoms with E-state index in [9.17, 15) is 35.7 Å². The van der Waals surface area contributed by atoms with Crippen molar-refractivity contribution in [2.24, 2.45) is 0 Å². The Morgan fingerprint density at radius 2 is 1.31 bits per heavy atom. The first-order valence-corrected chi connectivity index (χ1v) is 8.65. The number of rotatable bonds is 7. The molecule has 7 N–H and O–H groups in total. The fourth-order valence-electron chi connectivity index (χ4n) is 2.85. The standard InChI is InChI=1S/C14H25ClO11/c15-1-2-23-13-11(22)9(20)12(6(4-17)25-13)26-14-10(21)8(19)7(18)5(3-16)24-14/h5-14,16-22H,1-4H2/t5-,6-,7+,8+,9-,10-,11-,12-,13-,14+/m1/s1. The molecule has 2 fully saturated rings. The van der Waals surface area contributed by atoms with E-state index in [0.29, 0.717) is 0 Å². The Kier molecular flexibility index (Phi) is 8.40. The minimum Gasteiger partial charge on any atom is -0.394 e. The van der Waals surface area contributed by atoms with E-state index in [-0.39, 0.29) is 12.5 Å². The van der Waals surface area contributed by atoms with Crippen LogP contribution < -0.4 is 0 Å². The fraction of sp³-hybridized carbons (Fsp3) is 1.00. The van der Waals surface area contributed by atoms with Crippen molar-refractivity contribution in [3.63, 3.8) is 0 Å². The van der Waals surface area contributed by atoms with Crippen LogP contribution in [0.5, 0.6) is 0 Å².